The van der Waals surface area contributed by atoms with Gasteiger partial charge >= 0.3 is 6.16 Å². The summed E-state index contributed by atoms with van der Waals surface area (Å²) in [5, 5.41) is 3.68. The van der Waals surface area contributed by atoms with Gasteiger partial charge in [0.05, 0.1) is 5.41 Å². The average Bonchev–Trinajstić information content (AvgIpc) is 3.24. The van der Waals surface area contributed by atoms with E-state index in [1.54, 1.807) is 0 Å². The second-order valence-corrected chi connectivity index (χ2v) is 9.31. The lowest BCUT2D eigenvalue weighted by Gasteiger charge is -2.41. The standard InChI is InChI=1S/C28H31NO3/c1-27(2,3)32-26(30)31-24-19-25(29-20-24)28(21-13-7-4-8-14-21,22-15-9-5-10-16-22)23-17-11-6-12-18-23/h4-18,24-25,29H,19-20H2,1-3H3/t24-,25?/m1/s1. The maximum absolute atomic E-state index is 12.3. The van der Waals surface area contributed by atoms with Gasteiger partial charge in [0.25, 0.3) is 0 Å². The highest BCUT2D eigenvalue weighted by molar-refractivity contribution is 5.61. The Labute approximate surface area is 190 Å². The largest absolute Gasteiger partial charge is 0.509 e. The number of rotatable bonds is 5. The van der Waals surface area contributed by atoms with Crippen LogP contribution in [0.2, 0.25) is 0 Å². The molecule has 0 amide bonds. The van der Waals surface area contributed by atoms with E-state index in [9.17, 15) is 4.79 Å². The molecule has 32 heavy (non-hydrogen) atoms. The Hall–Kier alpha value is -3.11. The van der Waals surface area contributed by atoms with Crippen molar-refractivity contribution < 1.29 is 14.3 Å². The van der Waals surface area contributed by atoms with Crippen molar-refractivity contribution in [1.82, 2.24) is 5.32 Å². The molecule has 0 bridgehead atoms. The van der Waals surface area contributed by atoms with E-state index < -0.39 is 17.2 Å². The van der Waals surface area contributed by atoms with Gasteiger partial charge in [-0.2, -0.15) is 0 Å². The molecule has 4 rings (SSSR count). The third kappa shape index (κ3) is 4.56. The molecule has 3 aromatic rings. The van der Waals surface area contributed by atoms with Gasteiger partial charge in [0, 0.05) is 19.0 Å². The van der Waals surface area contributed by atoms with E-state index >= 15 is 0 Å². The summed E-state index contributed by atoms with van der Waals surface area (Å²) < 4.78 is 11.1. The summed E-state index contributed by atoms with van der Waals surface area (Å²) >= 11 is 0. The first-order valence-corrected chi connectivity index (χ1v) is 11.2. The zero-order valence-corrected chi connectivity index (χ0v) is 19.0. The zero-order valence-electron chi connectivity index (χ0n) is 19.0. The van der Waals surface area contributed by atoms with Gasteiger partial charge in [-0.25, -0.2) is 4.79 Å². The van der Waals surface area contributed by atoms with Crippen molar-refractivity contribution in [3.05, 3.63) is 108 Å². The fraction of sp³-hybridized carbons (Fsp3) is 0.321. The van der Waals surface area contributed by atoms with Crippen LogP contribution in [-0.2, 0) is 14.9 Å². The quantitative estimate of drug-likeness (QED) is 0.417. The molecule has 4 nitrogen and oxygen atoms in total. The van der Waals surface area contributed by atoms with Crippen molar-refractivity contribution >= 4 is 6.16 Å². The normalized spacial score (nSPS) is 18.8. The zero-order chi connectivity index (χ0) is 22.6. The molecule has 1 heterocycles. The van der Waals surface area contributed by atoms with Crippen molar-refractivity contribution in [2.45, 2.75) is 50.4 Å². The summed E-state index contributed by atoms with van der Waals surface area (Å²) in [6.45, 7) is 6.11. The van der Waals surface area contributed by atoms with Crippen LogP contribution in [0.1, 0.15) is 43.9 Å². The third-order valence-corrected chi connectivity index (χ3v) is 5.95. The Morgan fingerprint density at radius 3 is 1.62 bits per heavy atom. The number of nitrogens with one attached hydrogen (secondary N) is 1. The summed E-state index contributed by atoms with van der Waals surface area (Å²) in [6, 6.07) is 31.8. The van der Waals surface area contributed by atoms with Gasteiger partial charge in [-0.05, 0) is 37.5 Å². The fourth-order valence-electron chi connectivity index (χ4n) is 4.74. The van der Waals surface area contributed by atoms with Crippen LogP contribution < -0.4 is 5.32 Å². The van der Waals surface area contributed by atoms with E-state index in [-0.39, 0.29) is 12.1 Å². The van der Waals surface area contributed by atoms with E-state index in [1.165, 1.54) is 16.7 Å². The lowest BCUT2D eigenvalue weighted by molar-refractivity contribution is -0.0234. The topological polar surface area (TPSA) is 47.6 Å². The maximum atomic E-state index is 12.3. The van der Waals surface area contributed by atoms with E-state index in [1.807, 2.05) is 39.0 Å². The van der Waals surface area contributed by atoms with Gasteiger partial charge in [-0.1, -0.05) is 91.0 Å². The van der Waals surface area contributed by atoms with Gasteiger partial charge in [-0.3, -0.25) is 0 Å². The van der Waals surface area contributed by atoms with E-state index in [2.05, 4.69) is 78.1 Å². The molecule has 1 aliphatic heterocycles. The van der Waals surface area contributed by atoms with Crippen molar-refractivity contribution in [1.29, 1.82) is 0 Å². The van der Waals surface area contributed by atoms with Gasteiger partial charge in [0.1, 0.15) is 11.7 Å². The van der Waals surface area contributed by atoms with Crippen molar-refractivity contribution in [2.24, 2.45) is 0 Å². The summed E-state index contributed by atoms with van der Waals surface area (Å²) in [5.74, 6) is 0. The molecule has 1 N–H and O–H groups in total. The Morgan fingerprint density at radius 1 is 0.781 bits per heavy atom. The van der Waals surface area contributed by atoms with Gasteiger partial charge in [-0.15, -0.1) is 0 Å². The van der Waals surface area contributed by atoms with Gasteiger partial charge in [0.15, 0.2) is 0 Å². The molecule has 1 aliphatic rings. The first-order chi connectivity index (χ1) is 15.4. The van der Waals surface area contributed by atoms with Crippen molar-refractivity contribution in [3.63, 3.8) is 0 Å². The third-order valence-electron chi connectivity index (χ3n) is 5.95. The second-order valence-electron chi connectivity index (χ2n) is 9.31. The number of carbonyl (C=O) groups is 1. The highest BCUT2D eigenvalue weighted by atomic mass is 16.7. The second kappa shape index (κ2) is 9.17. The summed E-state index contributed by atoms with van der Waals surface area (Å²) in [6.07, 6.45) is -0.196. The van der Waals surface area contributed by atoms with E-state index in [4.69, 9.17) is 9.47 Å². The van der Waals surface area contributed by atoms with E-state index in [0.717, 1.165) is 0 Å². The lowest BCUT2D eigenvalue weighted by atomic mass is 9.64. The maximum Gasteiger partial charge on any atom is 0.509 e. The molecule has 0 aliphatic carbocycles. The minimum absolute atomic E-state index is 0.0298. The lowest BCUT2D eigenvalue weighted by Crippen LogP contribution is -2.47. The number of ether oxygens (including phenoxy) is 2. The van der Waals surface area contributed by atoms with Crippen LogP contribution in [0, 0.1) is 0 Å². The molecule has 0 saturated carbocycles. The molecule has 2 atom stereocenters. The molecular weight excluding hydrogens is 398 g/mol. The molecule has 1 fully saturated rings. The average molecular weight is 430 g/mol. The Morgan fingerprint density at radius 2 is 1.22 bits per heavy atom. The molecule has 0 radical (unpaired) electrons. The minimum atomic E-state index is -0.616. The predicted octanol–water partition coefficient (Wildman–Crippen LogP) is 5.70. The molecule has 0 aromatic heterocycles. The van der Waals surface area contributed by atoms with Crippen LogP contribution in [0.3, 0.4) is 0 Å². The molecular formula is C28H31NO3. The molecule has 0 spiro atoms. The molecule has 3 aromatic carbocycles. The van der Waals surface area contributed by atoms with Gasteiger partial charge < -0.3 is 14.8 Å². The van der Waals surface area contributed by atoms with Crippen molar-refractivity contribution in [2.75, 3.05) is 6.54 Å². The number of carbonyl (C=O) groups excluding carboxylic acids is 1. The first-order valence-electron chi connectivity index (χ1n) is 11.2. The van der Waals surface area contributed by atoms with Crippen LogP contribution in [0.5, 0.6) is 0 Å². The summed E-state index contributed by atoms with van der Waals surface area (Å²) in [7, 11) is 0. The fourth-order valence-corrected chi connectivity index (χ4v) is 4.74. The number of hydrogen-bond acceptors (Lipinski definition) is 4. The highest BCUT2D eigenvalue weighted by Gasteiger charge is 2.47. The SMILES string of the molecule is CC(C)(C)OC(=O)O[C@H]1CNC(C(c2ccccc2)(c2ccccc2)c2ccccc2)C1. The van der Waals surface area contributed by atoms with E-state index in [0.29, 0.717) is 13.0 Å². The smallest absolute Gasteiger partial charge is 0.430 e. The van der Waals surface area contributed by atoms with Crippen LogP contribution in [0.25, 0.3) is 0 Å². The molecule has 1 unspecified atom stereocenters. The van der Waals surface area contributed by atoms with Crippen LogP contribution >= 0.6 is 0 Å². The molecule has 1 saturated heterocycles. The minimum Gasteiger partial charge on any atom is -0.430 e. The molecule has 4 heteroatoms. The Bertz CT molecular complexity index is 916. The Balaban J connectivity index is 1.75. The highest BCUT2D eigenvalue weighted by Crippen LogP contribution is 2.45. The number of hydrogen-bond donors (Lipinski definition) is 1. The van der Waals surface area contributed by atoms with Gasteiger partial charge in [0.2, 0.25) is 0 Å². The van der Waals surface area contributed by atoms with Crippen molar-refractivity contribution in [3.8, 4) is 0 Å². The van der Waals surface area contributed by atoms with Crippen LogP contribution in [0.4, 0.5) is 4.79 Å². The van der Waals surface area contributed by atoms with Crippen LogP contribution in [-0.4, -0.2) is 30.4 Å². The summed E-state index contributed by atoms with van der Waals surface area (Å²) in [5.41, 5.74) is 2.59. The predicted molar refractivity (Wildman–Crippen MR) is 127 cm³/mol. The Kier molecular flexibility index (Phi) is 6.33. The van der Waals surface area contributed by atoms with Crippen LogP contribution in [0.15, 0.2) is 91.0 Å². The first kappa shape index (κ1) is 22.1. The monoisotopic (exact) mass is 429 g/mol. The summed E-state index contributed by atoms with van der Waals surface area (Å²) in [4.78, 5) is 12.3. The number of benzene rings is 3. The molecule has 166 valence electrons.